The van der Waals surface area contributed by atoms with Crippen molar-refractivity contribution in [2.75, 3.05) is 16.4 Å². The van der Waals surface area contributed by atoms with E-state index in [0.29, 0.717) is 10.9 Å². The number of carbonyl (C=O) groups is 1. The summed E-state index contributed by atoms with van der Waals surface area (Å²) in [6, 6.07) is 12.8. The van der Waals surface area contributed by atoms with E-state index in [1.54, 1.807) is 30.3 Å². The van der Waals surface area contributed by atoms with E-state index in [1.807, 2.05) is 0 Å². The molecule has 0 bridgehead atoms. The third kappa shape index (κ3) is 4.16. The van der Waals surface area contributed by atoms with Crippen LogP contribution in [0.15, 0.2) is 53.3 Å². The Hall–Kier alpha value is -3.40. The van der Waals surface area contributed by atoms with Crippen molar-refractivity contribution in [1.82, 2.24) is 15.4 Å². The molecule has 0 spiro atoms. The van der Waals surface area contributed by atoms with Gasteiger partial charge in [-0.05, 0) is 30.3 Å². The number of anilines is 2. The van der Waals surface area contributed by atoms with Gasteiger partial charge >= 0.3 is 0 Å². The van der Waals surface area contributed by atoms with E-state index in [-0.39, 0.29) is 22.8 Å². The lowest BCUT2D eigenvalue weighted by Crippen LogP contribution is -2.31. The summed E-state index contributed by atoms with van der Waals surface area (Å²) in [6.45, 7) is 0. The maximum Gasteiger partial charge on any atom is 0.269 e. The normalized spacial score (nSPS) is 11.1. The molecule has 0 aliphatic rings. The Balaban J connectivity index is 1.75. The number of H-pyrrole nitrogens is 1. The number of hydrogen-bond acceptors (Lipinski definition) is 6. The van der Waals surface area contributed by atoms with E-state index in [1.165, 1.54) is 18.2 Å². The molecule has 0 atom stereocenters. The van der Waals surface area contributed by atoms with Gasteiger partial charge in [-0.25, -0.2) is 13.4 Å². The average molecular weight is 373 g/mol. The number of amides is 1. The highest BCUT2D eigenvalue weighted by molar-refractivity contribution is 7.92. The van der Waals surface area contributed by atoms with Crippen molar-refractivity contribution in [1.29, 1.82) is 0 Å². The predicted octanol–water partition coefficient (Wildman–Crippen LogP) is 1.05. The van der Waals surface area contributed by atoms with E-state index in [9.17, 15) is 18.0 Å². The van der Waals surface area contributed by atoms with Gasteiger partial charge in [0.2, 0.25) is 16.0 Å². The number of nitrogens with zero attached hydrogens (tertiary/aromatic N) is 1. The number of aromatic nitrogens is 2. The zero-order chi connectivity index (χ0) is 18.7. The van der Waals surface area contributed by atoms with Crippen LogP contribution in [-0.4, -0.2) is 30.5 Å². The third-order valence-electron chi connectivity index (χ3n) is 3.34. The van der Waals surface area contributed by atoms with Crippen molar-refractivity contribution >= 4 is 38.5 Å². The Morgan fingerprint density at radius 3 is 2.65 bits per heavy atom. The summed E-state index contributed by atoms with van der Waals surface area (Å²) in [5.41, 5.74) is 5.55. The first-order valence-corrected chi connectivity index (χ1v) is 9.34. The van der Waals surface area contributed by atoms with E-state index in [4.69, 9.17) is 0 Å². The van der Waals surface area contributed by atoms with E-state index < -0.39 is 15.9 Å². The monoisotopic (exact) mass is 373 g/mol. The molecule has 0 saturated heterocycles. The fourth-order valence-electron chi connectivity index (χ4n) is 2.27. The molecule has 0 fully saturated rings. The van der Waals surface area contributed by atoms with Gasteiger partial charge in [0, 0.05) is 11.3 Å². The van der Waals surface area contributed by atoms with Crippen molar-refractivity contribution in [3.63, 3.8) is 0 Å². The molecule has 10 heteroatoms. The third-order valence-corrected chi connectivity index (χ3v) is 3.94. The lowest BCUT2D eigenvalue weighted by atomic mass is 10.2. The molecule has 2 aromatic carbocycles. The van der Waals surface area contributed by atoms with Crippen molar-refractivity contribution in [2.24, 2.45) is 0 Å². The molecule has 134 valence electrons. The maximum absolute atomic E-state index is 12.2. The molecule has 0 radical (unpaired) electrons. The number of sulfonamides is 1. The second-order valence-corrected chi connectivity index (χ2v) is 7.21. The number of fused-ring (bicyclic) bond motifs is 1. The number of nitrogens with one attached hydrogen (secondary N) is 4. The standard InChI is InChI=1S/C16H15N5O4S/c1-26(24,25)21-11-6-4-5-10(9-11)14(22)19-20-16-17-13-8-3-2-7-12(13)15(23)18-16/h2-9,21H,1H3,(H,19,22)(H2,17,18,20,23). The number of hydrogen-bond donors (Lipinski definition) is 4. The molecular weight excluding hydrogens is 358 g/mol. The molecular formula is C16H15N5O4S. The minimum Gasteiger partial charge on any atom is -0.291 e. The second-order valence-electron chi connectivity index (χ2n) is 5.47. The Morgan fingerprint density at radius 1 is 1.12 bits per heavy atom. The van der Waals surface area contributed by atoms with Gasteiger partial charge in [0.15, 0.2) is 0 Å². The number of hydrazine groups is 1. The van der Waals surface area contributed by atoms with Gasteiger partial charge in [-0.1, -0.05) is 18.2 Å². The summed E-state index contributed by atoms with van der Waals surface area (Å²) in [6.07, 6.45) is 1.02. The zero-order valence-corrected chi connectivity index (χ0v) is 14.4. The van der Waals surface area contributed by atoms with Gasteiger partial charge in [0.1, 0.15) is 0 Å². The summed E-state index contributed by atoms with van der Waals surface area (Å²) in [5, 5.41) is 0.434. The Bertz CT molecular complexity index is 1140. The van der Waals surface area contributed by atoms with Gasteiger partial charge in [-0.2, -0.15) is 0 Å². The number of para-hydroxylation sites is 1. The van der Waals surface area contributed by atoms with Crippen LogP contribution in [0.2, 0.25) is 0 Å². The van der Waals surface area contributed by atoms with Crippen LogP contribution in [0.25, 0.3) is 10.9 Å². The minimum absolute atomic E-state index is 0.0764. The number of rotatable bonds is 5. The maximum atomic E-state index is 12.2. The van der Waals surface area contributed by atoms with Crippen LogP contribution >= 0.6 is 0 Å². The topological polar surface area (TPSA) is 133 Å². The molecule has 0 unspecified atom stereocenters. The van der Waals surface area contributed by atoms with Crippen molar-refractivity contribution < 1.29 is 13.2 Å². The van der Waals surface area contributed by atoms with Crippen LogP contribution < -0.4 is 21.1 Å². The van der Waals surface area contributed by atoms with Crippen molar-refractivity contribution in [3.05, 3.63) is 64.4 Å². The van der Waals surface area contributed by atoms with Gasteiger partial charge in [0.05, 0.1) is 17.2 Å². The first-order chi connectivity index (χ1) is 12.3. The van der Waals surface area contributed by atoms with Crippen LogP contribution in [0, 0.1) is 0 Å². The highest BCUT2D eigenvalue weighted by Crippen LogP contribution is 2.12. The Kier molecular flexibility index (Phi) is 4.59. The van der Waals surface area contributed by atoms with Crippen LogP contribution in [0.4, 0.5) is 11.6 Å². The second kappa shape index (κ2) is 6.84. The SMILES string of the molecule is CS(=O)(=O)Nc1cccc(C(=O)NNc2nc3ccccc3c(=O)[nH]2)c1. The van der Waals surface area contributed by atoms with Crippen LogP contribution in [-0.2, 0) is 10.0 Å². The van der Waals surface area contributed by atoms with E-state index in [2.05, 4.69) is 25.5 Å². The molecule has 3 rings (SSSR count). The molecule has 4 N–H and O–H groups in total. The zero-order valence-electron chi connectivity index (χ0n) is 13.6. The molecule has 9 nitrogen and oxygen atoms in total. The molecule has 1 aromatic heterocycles. The number of benzene rings is 2. The molecule has 0 saturated carbocycles. The largest absolute Gasteiger partial charge is 0.291 e. The Morgan fingerprint density at radius 2 is 1.88 bits per heavy atom. The van der Waals surface area contributed by atoms with Crippen molar-refractivity contribution in [3.8, 4) is 0 Å². The van der Waals surface area contributed by atoms with E-state index in [0.717, 1.165) is 6.26 Å². The molecule has 1 amide bonds. The lowest BCUT2D eigenvalue weighted by Gasteiger charge is -2.09. The molecule has 0 aliphatic heterocycles. The smallest absolute Gasteiger partial charge is 0.269 e. The highest BCUT2D eigenvalue weighted by Gasteiger charge is 2.09. The van der Waals surface area contributed by atoms with Gasteiger partial charge in [-0.3, -0.25) is 30.1 Å². The predicted molar refractivity (Wildman–Crippen MR) is 98.4 cm³/mol. The fourth-order valence-corrected chi connectivity index (χ4v) is 2.83. The van der Waals surface area contributed by atoms with Gasteiger partial charge in [-0.15, -0.1) is 0 Å². The highest BCUT2D eigenvalue weighted by atomic mass is 32.2. The van der Waals surface area contributed by atoms with Crippen LogP contribution in [0.5, 0.6) is 0 Å². The first kappa shape index (κ1) is 17.4. The quantitative estimate of drug-likeness (QED) is 0.494. The fraction of sp³-hybridized carbons (Fsp3) is 0.0625. The van der Waals surface area contributed by atoms with Crippen molar-refractivity contribution in [2.45, 2.75) is 0 Å². The van der Waals surface area contributed by atoms with Gasteiger partial charge < -0.3 is 0 Å². The van der Waals surface area contributed by atoms with Crippen LogP contribution in [0.1, 0.15) is 10.4 Å². The van der Waals surface area contributed by atoms with Crippen LogP contribution in [0.3, 0.4) is 0 Å². The summed E-state index contributed by atoms with van der Waals surface area (Å²) in [7, 11) is -3.45. The minimum atomic E-state index is -3.45. The molecule has 3 aromatic rings. The summed E-state index contributed by atoms with van der Waals surface area (Å²) in [4.78, 5) is 30.9. The molecule has 0 aliphatic carbocycles. The summed E-state index contributed by atoms with van der Waals surface area (Å²) >= 11 is 0. The lowest BCUT2D eigenvalue weighted by molar-refractivity contribution is 0.0962. The van der Waals surface area contributed by atoms with E-state index >= 15 is 0 Å². The summed E-state index contributed by atoms with van der Waals surface area (Å²) in [5.74, 6) is -0.453. The number of carbonyl (C=O) groups excluding carboxylic acids is 1. The molecule has 1 heterocycles. The number of aromatic amines is 1. The first-order valence-electron chi connectivity index (χ1n) is 7.45. The Labute approximate surface area is 148 Å². The molecule has 26 heavy (non-hydrogen) atoms. The average Bonchev–Trinajstić information content (AvgIpc) is 2.58. The summed E-state index contributed by atoms with van der Waals surface area (Å²) < 4.78 is 24.8. The van der Waals surface area contributed by atoms with Gasteiger partial charge in [0.25, 0.3) is 11.5 Å².